The van der Waals surface area contributed by atoms with Gasteiger partial charge in [-0.2, -0.15) is 0 Å². The van der Waals surface area contributed by atoms with Gasteiger partial charge in [-0.25, -0.2) is 4.79 Å². The second kappa shape index (κ2) is 5.73. The fraction of sp³-hybridized carbons (Fsp3) is 0.286. The van der Waals surface area contributed by atoms with Gasteiger partial charge in [0.05, 0.1) is 5.52 Å². The maximum atomic E-state index is 12.2. The van der Waals surface area contributed by atoms with Crippen LogP contribution in [0, 0.1) is 3.57 Å². The van der Waals surface area contributed by atoms with Crippen molar-refractivity contribution in [2.75, 3.05) is 0 Å². The molecule has 0 aliphatic carbocycles. The number of benzene rings is 1. The topological polar surface area (TPSA) is 59.3 Å². The molecule has 0 aliphatic heterocycles. The van der Waals surface area contributed by atoms with Crippen LogP contribution in [0.15, 0.2) is 29.2 Å². The predicted molar refractivity (Wildman–Crippen MR) is 82.8 cm³/mol. The van der Waals surface area contributed by atoms with E-state index in [9.17, 15) is 9.59 Å². The number of hydrogen-bond acceptors (Lipinski definition) is 2. The van der Waals surface area contributed by atoms with E-state index in [1.54, 1.807) is 6.07 Å². The highest BCUT2D eigenvalue weighted by molar-refractivity contribution is 14.1. The summed E-state index contributed by atoms with van der Waals surface area (Å²) >= 11 is 2.12. The summed E-state index contributed by atoms with van der Waals surface area (Å²) in [7, 11) is 0. The van der Waals surface area contributed by atoms with Gasteiger partial charge in [0, 0.05) is 21.7 Å². The molecule has 0 amide bonds. The van der Waals surface area contributed by atoms with E-state index in [0.717, 1.165) is 21.9 Å². The van der Waals surface area contributed by atoms with Gasteiger partial charge in [-0.1, -0.05) is 13.3 Å². The lowest BCUT2D eigenvalue weighted by molar-refractivity contribution is 0.0695. The van der Waals surface area contributed by atoms with E-state index in [2.05, 4.69) is 29.5 Å². The molecule has 100 valence electrons. The average Bonchev–Trinajstić information content (AvgIpc) is 2.38. The molecule has 0 spiro atoms. The Morgan fingerprint density at radius 2 is 2.16 bits per heavy atom. The van der Waals surface area contributed by atoms with E-state index >= 15 is 0 Å². The van der Waals surface area contributed by atoms with Gasteiger partial charge in [0.1, 0.15) is 5.56 Å². The number of carboxylic acid groups (broad SMARTS) is 1. The van der Waals surface area contributed by atoms with Crippen molar-refractivity contribution in [2.45, 2.75) is 26.3 Å². The van der Waals surface area contributed by atoms with Crippen LogP contribution in [-0.4, -0.2) is 15.6 Å². The van der Waals surface area contributed by atoms with Gasteiger partial charge in [-0.05, 0) is 47.2 Å². The van der Waals surface area contributed by atoms with Gasteiger partial charge in [-0.15, -0.1) is 0 Å². The first-order chi connectivity index (χ1) is 9.04. The predicted octanol–water partition coefficient (Wildman–Crippen LogP) is 3.10. The minimum atomic E-state index is -1.17. The van der Waals surface area contributed by atoms with Crippen LogP contribution in [0.1, 0.15) is 30.1 Å². The van der Waals surface area contributed by atoms with E-state index in [1.807, 2.05) is 16.7 Å². The number of halogens is 1. The van der Waals surface area contributed by atoms with E-state index in [1.165, 1.54) is 6.20 Å². The van der Waals surface area contributed by atoms with Crippen molar-refractivity contribution in [3.05, 3.63) is 43.8 Å². The fourth-order valence-corrected chi connectivity index (χ4v) is 2.53. The molecule has 2 rings (SSSR count). The van der Waals surface area contributed by atoms with E-state index in [4.69, 9.17) is 5.11 Å². The van der Waals surface area contributed by atoms with Gasteiger partial charge in [-0.3, -0.25) is 4.79 Å². The summed E-state index contributed by atoms with van der Waals surface area (Å²) in [5, 5.41) is 9.60. The first-order valence-corrected chi connectivity index (χ1v) is 7.18. The summed E-state index contributed by atoms with van der Waals surface area (Å²) in [4.78, 5) is 23.3. The standard InChI is InChI=1S/C14H14INO3/c1-2-3-6-16-8-11(14(18)19)13(17)10-7-9(15)4-5-12(10)16/h4-5,7-8H,2-3,6H2,1H3,(H,18,19). The molecule has 0 fully saturated rings. The Kier molecular flexibility index (Phi) is 4.24. The number of carboxylic acids is 1. The Labute approximate surface area is 124 Å². The van der Waals surface area contributed by atoms with Crippen LogP contribution in [0.2, 0.25) is 0 Å². The van der Waals surface area contributed by atoms with Crippen LogP contribution < -0.4 is 5.43 Å². The van der Waals surface area contributed by atoms with E-state index in [-0.39, 0.29) is 5.56 Å². The molecule has 0 aliphatic rings. The van der Waals surface area contributed by atoms with Gasteiger partial charge >= 0.3 is 5.97 Å². The van der Waals surface area contributed by atoms with Crippen molar-refractivity contribution < 1.29 is 9.90 Å². The third-order valence-electron chi connectivity index (χ3n) is 3.03. The number of carbonyl (C=O) groups is 1. The summed E-state index contributed by atoms with van der Waals surface area (Å²) in [6.45, 7) is 2.79. The van der Waals surface area contributed by atoms with E-state index in [0.29, 0.717) is 11.9 Å². The lowest BCUT2D eigenvalue weighted by atomic mass is 10.1. The molecule has 1 aromatic heterocycles. The van der Waals surface area contributed by atoms with Crippen LogP contribution >= 0.6 is 22.6 Å². The summed E-state index contributed by atoms with van der Waals surface area (Å²) in [6, 6.07) is 5.54. The molecule has 2 aromatic rings. The summed E-state index contributed by atoms with van der Waals surface area (Å²) in [5.41, 5.74) is 0.225. The Balaban J connectivity index is 2.76. The highest BCUT2D eigenvalue weighted by atomic mass is 127. The smallest absolute Gasteiger partial charge is 0.341 e. The third-order valence-corrected chi connectivity index (χ3v) is 3.70. The zero-order chi connectivity index (χ0) is 14.0. The minimum absolute atomic E-state index is 0.161. The molecular formula is C14H14INO3. The van der Waals surface area contributed by atoms with Crippen molar-refractivity contribution in [3.8, 4) is 0 Å². The van der Waals surface area contributed by atoms with Crippen molar-refractivity contribution in [1.82, 2.24) is 4.57 Å². The molecule has 0 unspecified atom stereocenters. The monoisotopic (exact) mass is 371 g/mol. The largest absolute Gasteiger partial charge is 0.477 e. The molecule has 0 saturated carbocycles. The number of aryl methyl sites for hydroxylation is 1. The molecule has 0 saturated heterocycles. The number of fused-ring (bicyclic) bond motifs is 1. The number of hydrogen-bond donors (Lipinski definition) is 1. The van der Waals surface area contributed by atoms with E-state index < -0.39 is 11.4 Å². The van der Waals surface area contributed by atoms with Crippen molar-refractivity contribution in [2.24, 2.45) is 0 Å². The molecule has 0 radical (unpaired) electrons. The highest BCUT2D eigenvalue weighted by Crippen LogP contribution is 2.16. The Bertz CT molecular complexity index is 691. The van der Waals surface area contributed by atoms with Gasteiger partial charge in [0.25, 0.3) is 0 Å². The van der Waals surface area contributed by atoms with Crippen LogP contribution in [0.3, 0.4) is 0 Å². The first kappa shape index (κ1) is 14.0. The zero-order valence-corrected chi connectivity index (χ0v) is 12.7. The van der Waals surface area contributed by atoms with Gasteiger partial charge in [0.15, 0.2) is 0 Å². The molecule has 4 nitrogen and oxygen atoms in total. The number of pyridine rings is 1. The molecule has 0 atom stereocenters. The summed E-state index contributed by atoms with van der Waals surface area (Å²) in [5.74, 6) is -1.17. The van der Waals surface area contributed by atoms with Gasteiger partial charge < -0.3 is 9.67 Å². The number of aromatic carboxylic acids is 1. The minimum Gasteiger partial charge on any atom is -0.477 e. The quantitative estimate of drug-likeness (QED) is 0.841. The molecule has 5 heteroatoms. The molecule has 1 aromatic carbocycles. The van der Waals surface area contributed by atoms with Crippen LogP contribution in [0.25, 0.3) is 10.9 Å². The molecule has 1 heterocycles. The highest BCUT2D eigenvalue weighted by Gasteiger charge is 2.14. The number of unbranched alkanes of at least 4 members (excludes halogenated alkanes) is 1. The van der Waals surface area contributed by atoms with Crippen LogP contribution in [0.5, 0.6) is 0 Å². The molecule has 1 N–H and O–H groups in total. The Morgan fingerprint density at radius 1 is 1.42 bits per heavy atom. The van der Waals surface area contributed by atoms with Crippen molar-refractivity contribution >= 4 is 39.5 Å². The second-order valence-corrected chi connectivity index (χ2v) is 5.63. The van der Waals surface area contributed by atoms with Crippen molar-refractivity contribution in [1.29, 1.82) is 0 Å². The number of rotatable bonds is 4. The number of aromatic nitrogens is 1. The first-order valence-electron chi connectivity index (χ1n) is 6.10. The van der Waals surface area contributed by atoms with Crippen molar-refractivity contribution in [3.63, 3.8) is 0 Å². The average molecular weight is 371 g/mol. The fourth-order valence-electron chi connectivity index (χ4n) is 2.04. The number of nitrogens with zero attached hydrogens (tertiary/aromatic N) is 1. The maximum absolute atomic E-state index is 12.2. The Morgan fingerprint density at radius 3 is 2.79 bits per heavy atom. The lowest BCUT2D eigenvalue weighted by Crippen LogP contribution is -2.19. The molecule has 0 bridgehead atoms. The SMILES string of the molecule is CCCCn1cc(C(=O)O)c(=O)c2cc(I)ccc21. The lowest BCUT2D eigenvalue weighted by Gasteiger charge is -2.12. The maximum Gasteiger partial charge on any atom is 0.341 e. The second-order valence-electron chi connectivity index (χ2n) is 4.39. The van der Waals surface area contributed by atoms with Crippen LogP contribution in [-0.2, 0) is 6.54 Å². The molecule has 19 heavy (non-hydrogen) atoms. The van der Waals surface area contributed by atoms with Gasteiger partial charge in [0.2, 0.25) is 5.43 Å². The normalized spacial score (nSPS) is 10.8. The summed E-state index contributed by atoms with van der Waals surface area (Å²) < 4.78 is 2.78. The Hall–Kier alpha value is -1.37. The zero-order valence-electron chi connectivity index (χ0n) is 10.5. The summed E-state index contributed by atoms with van der Waals surface area (Å²) in [6.07, 6.45) is 3.42. The third kappa shape index (κ3) is 2.80. The molecular weight excluding hydrogens is 357 g/mol. The van der Waals surface area contributed by atoms with Crippen LogP contribution in [0.4, 0.5) is 0 Å².